The summed E-state index contributed by atoms with van der Waals surface area (Å²) < 4.78 is 0. The summed E-state index contributed by atoms with van der Waals surface area (Å²) in [6, 6.07) is 6.55. The molecule has 17 heavy (non-hydrogen) atoms. The molecule has 1 saturated heterocycles. The van der Waals surface area contributed by atoms with E-state index >= 15 is 0 Å². The van der Waals surface area contributed by atoms with Crippen molar-refractivity contribution < 1.29 is 0 Å². The summed E-state index contributed by atoms with van der Waals surface area (Å²) in [6.07, 6.45) is 1.71. The average Bonchev–Trinajstić information content (AvgIpc) is 2.85. The van der Waals surface area contributed by atoms with Gasteiger partial charge in [-0.25, -0.2) is 0 Å². The fraction of sp³-hybridized carbons (Fsp3) is 0.615. The zero-order valence-electron chi connectivity index (χ0n) is 10.1. The molecule has 1 aliphatic rings. The summed E-state index contributed by atoms with van der Waals surface area (Å²) in [5.41, 5.74) is 0. The highest BCUT2D eigenvalue weighted by Crippen LogP contribution is 2.13. The second-order valence-corrected chi connectivity index (χ2v) is 5.49. The summed E-state index contributed by atoms with van der Waals surface area (Å²) in [5.74, 6) is 0. The normalized spacial score (nSPS) is 18.1. The SMILES string of the molecule is N#CCCCN1CCN(Cc2cccs2)CC1. The van der Waals surface area contributed by atoms with Gasteiger partial charge in [-0.2, -0.15) is 5.26 Å². The number of nitrogens with zero attached hydrogens (tertiary/aromatic N) is 3. The quantitative estimate of drug-likeness (QED) is 0.749. The van der Waals surface area contributed by atoms with Crippen LogP contribution >= 0.6 is 11.3 Å². The third-order valence-electron chi connectivity index (χ3n) is 3.19. The van der Waals surface area contributed by atoms with Crippen LogP contribution < -0.4 is 0 Å². The van der Waals surface area contributed by atoms with Crippen LogP contribution in [0.25, 0.3) is 0 Å². The number of unbranched alkanes of at least 4 members (excludes halogenated alkanes) is 1. The predicted octanol–water partition coefficient (Wildman–Crippen LogP) is 2.17. The van der Waals surface area contributed by atoms with E-state index in [-0.39, 0.29) is 0 Å². The first-order valence-corrected chi connectivity index (χ1v) is 7.10. The van der Waals surface area contributed by atoms with Crippen LogP contribution in [0, 0.1) is 11.3 Å². The zero-order chi connectivity index (χ0) is 11.9. The Morgan fingerprint density at radius 2 is 2.00 bits per heavy atom. The molecule has 1 aromatic rings. The standard InChI is InChI=1S/C13H19N3S/c14-5-1-2-6-15-7-9-16(10-8-15)12-13-4-3-11-17-13/h3-4,11H,1-2,6-10,12H2. The maximum Gasteiger partial charge on any atom is 0.0622 e. The van der Waals surface area contributed by atoms with Crippen LogP contribution in [0.4, 0.5) is 0 Å². The molecule has 0 aromatic carbocycles. The second kappa shape index (κ2) is 6.75. The minimum atomic E-state index is 0.690. The molecule has 0 unspecified atom stereocenters. The molecule has 0 radical (unpaired) electrons. The summed E-state index contributed by atoms with van der Waals surface area (Å²) >= 11 is 1.84. The molecule has 1 aliphatic heterocycles. The van der Waals surface area contributed by atoms with Crippen molar-refractivity contribution in [3.05, 3.63) is 22.4 Å². The van der Waals surface area contributed by atoms with Crippen LogP contribution in [0.5, 0.6) is 0 Å². The van der Waals surface area contributed by atoms with E-state index in [9.17, 15) is 0 Å². The van der Waals surface area contributed by atoms with E-state index in [0.717, 1.165) is 45.7 Å². The number of hydrogen-bond acceptors (Lipinski definition) is 4. The topological polar surface area (TPSA) is 30.3 Å². The molecule has 0 amide bonds. The zero-order valence-corrected chi connectivity index (χ0v) is 11.0. The van der Waals surface area contributed by atoms with Crippen LogP contribution in [0.2, 0.25) is 0 Å². The highest BCUT2D eigenvalue weighted by Gasteiger charge is 2.16. The maximum absolute atomic E-state index is 8.51. The molecule has 0 spiro atoms. The van der Waals surface area contributed by atoms with Gasteiger partial charge in [-0.3, -0.25) is 4.90 Å². The smallest absolute Gasteiger partial charge is 0.0622 e. The third kappa shape index (κ3) is 4.12. The van der Waals surface area contributed by atoms with Crippen molar-refractivity contribution in [2.45, 2.75) is 19.4 Å². The largest absolute Gasteiger partial charge is 0.301 e. The lowest BCUT2D eigenvalue weighted by atomic mass is 10.2. The van der Waals surface area contributed by atoms with Crippen LogP contribution in [-0.4, -0.2) is 42.5 Å². The van der Waals surface area contributed by atoms with Gasteiger partial charge < -0.3 is 4.90 Å². The van der Waals surface area contributed by atoms with Gasteiger partial charge in [-0.05, 0) is 24.4 Å². The molecule has 0 aliphatic carbocycles. The van der Waals surface area contributed by atoms with Gasteiger partial charge in [0.15, 0.2) is 0 Å². The van der Waals surface area contributed by atoms with Gasteiger partial charge in [0.25, 0.3) is 0 Å². The van der Waals surface area contributed by atoms with Gasteiger partial charge >= 0.3 is 0 Å². The third-order valence-corrected chi connectivity index (χ3v) is 4.05. The van der Waals surface area contributed by atoms with E-state index in [1.165, 1.54) is 4.88 Å². The first-order valence-electron chi connectivity index (χ1n) is 6.22. The number of piperazine rings is 1. The number of thiophene rings is 1. The van der Waals surface area contributed by atoms with E-state index in [1.54, 1.807) is 0 Å². The Hall–Kier alpha value is -0.890. The fourth-order valence-electron chi connectivity index (χ4n) is 2.18. The van der Waals surface area contributed by atoms with Crippen molar-refractivity contribution in [2.24, 2.45) is 0 Å². The summed E-state index contributed by atoms with van der Waals surface area (Å²) in [5, 5.41) is 10.7. The van der Waals surface area contributed by atoms with Crippen molar-refractivity contribution in [3.63, 3.8) is 0 Å². The van der Waals surface area contributed by atoms with Crippen molar-refractivity contribution in [1.29, 1.82) is 5.26 Å². The summed E-state index contributed by atoms with van der Waals surface area (Å²) in [6.45, 7) is 6.80. The monoisotopic (exact) mass is 249 g/mol. The summed E-state index contributed by atoms with van der Waals surface area (Å²) in [7, 11) is 0. The minimum absolute atomic E-state index is 0.690. The summed E-state index contributed by atoms with van der Waals surface area (Å²) in [4.78, 5) is 6.46. The lowest BCUT2D eigenvalue weighted by Crippen LogP contribution is -2.45. The molecule has 0 saturated carbocycles. The van der Waals surface area contributed by atoms with E-state index < -0.39 is 0 Å². The van der Waals surface area contributed by atoms with Crippen molar-refractivity contribution in [1.82, 2.24) is 9.80 Å². The fourth-order valence-corrected chi connectivity index (χ4v) is 2.92. The van der Waals surface area contributed by atoms with Gasteiger partial charge in [0, 0.05) is 44.0 Å². The molecule has 0 atom stereocenters. The Kier molecular flexibility index (Phi) is 4.99. The Bertz CT molecular complexity index is 347. The molecular weight excluding hydrogens is 230 g/mol. The molecule has 2 rings (SSSR count). The van der Waals surface area contributed by atoms with E-state index in [2.05, 4.69) is 33.4 Å². The number of rotatable bonds is 5. The average molecular weight is 249 g/mol. The van der Waals surface area contributed by atoms with Gasteiger partial charge in [-0.1, -0.05) is 6.07 Å². The molecule has 0 N–H and O–H groups in total. The van der Waals surface area contributed by atoms with Gasteiger partial charge in [0.2, 0.25) is 0 Å². The molecule has 0 bridgehead atoms. The van der Waals surface area contributed by atoms with Gasteiger partial charge in [0.05, 0.1) is 6.07 Å². The molecule has 92 valence electrons. The predicted molar refractivity (Wildman–Crippen MR) is 70.9 cm³/mol. The van der Waals surface area contributed by atoms with Crippen LogP contribution in [0.1, 0.15) is 17.7 Å². The molecule has 1 fully saturated rings. The van der Waals surface area contributed by atoms with Crippen LogP contribution in [-0.2, 0) is 6.54 Å². The Labute approximate surface area is 107 Å². The Morgan fingerprint density at radius 3 is 2.65 bits per heavy atom. The Balaban J connectivity index is 1.66. The maximum atomic E-state index is 8.51. The van der Waals surface area contributed by atoms with E-state index in [4.69, 9.17) is 5.26 Å². The van der Waals surface area contributed by atoms with Gasteiger partial charge in [-0.15, -0.1) is 11.3 Å². The first-order chi connectivity index (χ1) is 8.38. The second-order valence-electron chi connectivity index (χ2n) is 4.46. The lowest BCUT2D eigenvalue weighted by Gasteiger charge is -2.34. The van der Waals surface area contributed by atoms with E-state index in [1.807, 2.05) is 11.3 Å². The molecule has 2 heterocycles. The lowest BCUT2D eigenvalue weighted by molar-refractivity contribution is 0.127. The van der Waals surface area contributed by atoms with Crippen LogP contribution in [0.15, 0.2) is 17.5 Å². The molecule has 1 aromatic heterocycles. The van der Waals surface area contributed by atoms with Crippen molar-refractivity contribution >= 4 is 11.3 Å². The molecule has 4 heteroatoms. The highest BCUT2D eigenvalue weighted by molar-refractivity contribution is 7.09. The number of hydrogen-bond donors (Lipinski definition) is 0. The van der Waals surface area contributed by atoms with Crippen LogP contribution in [0.3, 0.4) is 0 Å². The van der Waals surface area contributed by atoms with Gasteiger partial charge in [0.1, 0.15) is 0 Å². The molecule has 3 nitrogen and oxygen atoms in total. The van der Waals surface area contributed by atoms with Crippen molar-refractivity contribution in [2.75, 3.05) is 32.7 Å². The first kappa shape index (κ1) is 12.6. The Morgan fingerprint density at radius 1 is 1.24 bits per heavy atom. The molecular formula is C13H19N3S. The van der Waals surface area contributed by atoms with E-state index in [0.29, 0.717) is 6.42 Å². The number of nitriles is 1. The minimum Gasteiger partial charge on any atom is -0.301 e. The highest BCUT2D eigenvalue weighted by atomic mass is 32.1. The van der Waals surface area contributed by atoms with Crippen molar-refractivity contribution in [3.8, 4) is 6.07 Å².